The number of likely N-dealkylation sites (tertiary alicyclic amines) is 1. The number of imidazole rings is 1. The minimum Gasteiger partial charge on any atom is -0.342 e. The minimum atomic E-state index is 0.571. The maximum Gasteiger partial charge on any atom is 0.111 e. The zero-order valence-electron chi connectivity index (χ0n) is 13.6. The van der Waals surface area contributed by atoms with E-state index in [-0.39, 0.29) is 0 Å². The highest BCUT2D eigenvalue weighted by atomic mass is 15.1. The molecule has 1 aromatic carbocycles. The van der Waals surface area contributed by atoms with E-state index in [0.717, 1.165) is 13.0 Å². The number of aromatic nitrogens is 2. The number of benzene rings is 1. The lowest BCUT2D eigenvalue weighted by Crippen LogP contribution is -2.35. The predicted molar refractivity (Wildman–Crippen MR) is 88.9 cm³/mol. The van der Waals surface area contributed by atoms with Gasteiger partial charge >= 0.3 is 0 Å². The van der Waals surface area contributed by atoms with Gasteiger partial charge < -0.3 is 9.88 Å². The van der Waals surface area contributed by atoms with Gasteiger partial charge in [-0.05, 0) is 62.9 Å². The summed E-state index contributed by atoms with van der Waals surface area (Å²) in [7, 11) is 0. The van der Waals surface area contributed by atoms with Crippen LogP contribution in [0.25, 0.3) is 11.0 Å². The molecule has 0 aliphatic carbocycles. The second kappa shape index (κ2) is 6.18. The van der Waals surface area contributed by atoms with Crippen molar-refractivity contribution >= 4 is 11.0 Å². The van der Waals surface area contributed by atoms with Crippen LogP contribution in [-0.4, -0.2) is 34.5 Å². The Kier molecular flexibility index (Phi) is 4.29. The second-order valence-corrected chi connectivity index (χ2v) is 6.36. The number of hydrogen-bond acceptors (Lipinski definition) is 2. The summed E-state index contributed by atoms with van der Waals surface area (Å²) in [6.45, 7) is 10.3. The fourth-order valence-electron chi connectivity index (χ4n) is 3.65. The van der Waals surface area contributed by atoms with E-state index < -0.39 is 0 Å². The SMILES string of the molecule is CCCN1CCCC(c2nc3c(C)c(CC)ccc3[nH]2)C1. The number of H-pyrrole nitrogens is 1. The van der Waals surface area contributed by atoms with Crippen LogP contribution < -0.4 is 0 Å². The second-order valence-electron chi connectivity index (χ2n) is 6.36. The third-order valence-electron chi connectivity index (χ3n) is 4.85. The largest absolute Gasteiger partial charge is 0.342 e. The van der Waals surface area contributed by atoms with E-state index in [9.17, 15) is 0 Å². The molecule has 0 saturated carbocycles. The number of piperidine rings is 1. The lowest BCUT2D eigenvalue weighted by molar-refractivity contribution is 0.205. The molecule has 1 saturated heterocycles. The van der Waals surface area contributed by atoms with Gasteiger partial charge in [0.25, 0.3) is 0 Å². The standard InChI is InChI=1S/C18H27N3/c1-4-10-21-11-6-7-15(12-21)18-19-16-9-8-14(5-2)13(3)17(16)20-18/h8-9,15H,4-7,10-12H2,1-3H3,(H,19,20). The summed E-state index contributed by atoms with van der Waals surface area (Å²) in [5.41, 5.74) is 5.14. The van der Waals surface area contributed by atoms with Crippen molar-refractivity contribution in [2.24, 2.45) is 0 Å². The van der Waals surface area contributed by atoms with E-state index >= 15 is 0 Å². The van der Waals surface area contributed by atoms with Crippen LogP contribution in [0, 0.1) is 6.92 Å². The Morgan fingerprint density at radius 1 is 1.33 bits per heavy atom. The molecule has 0 amide bonds. The van der Waals surface area contributed by atoms with Gasteiger partial charge in [0.1, 0.15) is 5.82 Å². The van der Waals surface area contributed by atoms with Gasteiger partial charge in [0.15, 0.2) is 0 Å². The molecule has 0 spiro atoms. The maximum absolute atomic E-state index is 4.96. The first kappa shape index (κ1) is 14.6. The summed E-state index contributed by atoms with van der Waals surface area (Å²) in [6, 6.07) is 4.44. The fourth-order valence-corrected chi connectivity index (χ4v) is 3.65. The van der Waals surface area contributed by atoms with Gasteiger partial charge in [-0.25, -0.2) is 4.98 Å². The number of nitrogens with one attached hydrogen (secondary N) is 1. The highest BCUT2D eigenvalue weighted by molar-refractivity contribution is 5.80. The Hall–Kier alpha value is -1.35. The first-order valence-corrected chi connectivity index (χ1v) is 8.43. The monoisotopic (exact) mass is 285 g/mol. The van der Waals surface area contributed by atoms with Gasteiger partial charge in [0.05, 0.1) is 11.0 Å². The Morgan fingerprint density at radius 3 is 2.95 bits per heavy atom. The van der Waals surface area contributed by atoms with Crippen molar-refractivity contribution < 1.29 is 0 Å². The Balaban J connectivity index is 1.88. The zero-order chi connectivity index (χ0) is 14.8. The van der Waals surface area contributed by atoms with Crippen LogP contribution in [0.5, 0.6) is 0 Å². The van der Waals surface area contributed by atoms with E-state index in [2.05, 4.69) is 42.8 Å². The normalized spacial score (nSPS) is 20.2. The van der Waals surface area contributed by atoms with Gasteiger partial charge in [0.2, 0.25) is 0 Å². The average Bonchev–Trinajstić information content (AvgIpc) is 2.93. The van der Waals surface area contributed by atoms with Crippen molar-refractivity contribution in [1.82, 2.24) is 14.9 Å². The van der Waals surface area contributed by atoms with Gasteiger partial charge in [-0.3, -0.25) is 0 Å². The number of fused-ring (bicyclic) bond motifs is 1. The van der Waals surface area contributed by atoms with E-state index in [4.69, 9.17) is 4.98 Å². The molecule has 1 atom stereocenters. The van der Waals surface area contributed by atoms with Gasteiger partial charge in [-0.2, -0.15) is 0 Å². The average molecular weight is 285 g/mol. The van der Waals surface area contributed by atoms with Crippen LogP contribution in [0.3, 0.4) is 0 Å². The van der Waals surface area contributed by atoms with E-state index in [1.807, 2.05) is 0 Å². The number of aromatic amines is 1. The van der Waals surface area contributed by atoms with E-state index in [0.29, 0.717) is 5.92 Å². The molecular weight excluding hydrogens is 258 g/mol. The molecule has 2 aromatic rings. The van der Waals surface area contributed by atoms with Crippen molar-refractivity contribution in [2.75, 3.05) is 19.6 Å². The van der Waals surface area contributed by atoms with Crippen molar-refractivity contribution in [3.8, 4) is 0 Å². The van der Waals surface area contributed by atoms with E-state index in [1.54, 1.807) is 0 Å². The molecule has 2 heterocycles. The fraction of sp³-hybridized carbons (Fsp3) is 0.611. The molecule has 0 bridgehead atoms. The summed E-state index contributed by atoms with van der Waals surface area (Å²) in [5.74, 6) is 1.77. The van der Waals surface area contributed by atoms with Crippen molar-refractivity contribution in [3.63, 3.8) is 0 Å². The highest BCUT2D eigenvalue weighted by Crippen LogP contribution is 2.28. The van der Waals surface area contributed by atoms with Crippen LogP contribution in [0.1, 0.15) is 56.0 Å². The minimum absolute atomic E-state index is 0.571. The summed E-state index contributed by atoms with van der Waals surface area (Å²) in [4.78, 5) is 11.1. The predicted octanol–water partition coefficient (Wildman–Crippen LogP) is 4.02. The molecule has 1 unspecified atom stereocenters. The highest BCUT2D eigenvalue weighted by Gasteiger charge is 2.23. The van der Waals surface area contributed by atoms with Crippen LogP contribution >= 0.6 is 0 Å². The van der Waals surface area contributed by atoms with Crippen LogP contribution in [0.15, 0.2) is 12.1 Å². The Morgan fingerprint density at radius 2 is 2.19 bits per heavy atom. The molecule has 3 rings (SSSR count). The molecule has 114 valence electrons. The van der Waals surface area contributed by atoms with E-state index in [1.165, 1.54) is 60.3 Å². The maximum atomic E-state index is 4.96. The smallest absolute Gasteiger partial charge is 0.111 e. The van der Waals surface area contributed by atoms with Gasteiger partial charge in [-0.1, -0.05) is 19.9 Å². The molecule has 1 aromatic heterocycles. The molecule has 3 nitrogen and oxygen atoms in total. The zero-order valence-corrected chi connectivity index (χ0v) is 13.6. The third kappa shape index (κ3) is 2.84. The number of nitrogens with zero attached hydrogens (tertiary/aromatic N) is 2. The first-order valence-electron chi connectivity index (χ1n) is 8.43. The number of hydrogen-bond donors (Lipinski definition) is 1. The van der Waals surface area contributed by atoms with Crippen molar-refractivity contribution in [1.29, 1.82) is 0 Å². The Bertz CT molecular complexity index is 612. The van der Waals surface area contributed by atoms with Crippen molar-refractivity contribution in [2.45, 2.75) is 52.4 Å². The van der Waals surface area contributed by atoms with Crippen LogP contribution in [0.4, 0.5) is 0 Å². The lowest BCUT2D eigenvalue weighted by Gasteiger charge is -2.31. The van der Waals surface area contributed by atoms with Crippen molar-refractivity contribution in [3.05, 3.63) is 29.1 Å². The Labute approximate surface area is 127 Å². The molecule has 0 radical (unpaired) electrons. The third-order valence-corrected chi connectivity index (χ3v) is 4.85. The van der Waals surface area contributed by atoms with Crippen LogP contribution in [-0.2, 0) is 6.42 Å². The van der Waals surface area contributed by atoms with Gasteiger partial charge in [0, 0.05) is 12.5 Å². The molecule has 1 fully saturated rings. The molecule has 21 heavy (non-hydrogen) atoms. The molecule has 1 aliphatic heterocycles. The summed E-state index contributed by atoms with van der Waals surface area (Å²) in [5, 5.41) is 0. The van der Waals surface area contributed by atoms with Crippen LogP contribution in [0.2, 0.25) is 0 Å². The summed E-state index contributed by atoms with van der Waals surface area (Å²) >= 11 is 0. The summed E-state index contributed by atoms with van der Waals surface area (Å²) < 4.78 is 0. The first-order chi connectivity index (χ1) is 10.2. The quantitative estimate of drug-likeness (QED) is 0.920. The molecule has 1 N–H and O–H groups in total. The lowest BCUT2D eigenvalue weighted by atomic mass is 9.97. The molecule has 1 aliphatic rings. The number of aryl methyl sites for hydroxylation is 2. The summed E-state index contributed by atoms with van der Waals surface area (Å²) in [6.07, 6.45) is 4.88. The molecule has 3 heteroatoms. The topological polar surface area (TPSA) is 31.9 Å². The van der Waals surface area contributed by atoms with Gasteiger partial charge in [-0.15, -0.1) is 0 Å². The molecular formula is C18H27N3. The number of rotatable bonds is 4.